The van der Waals surface area contributed by atoms with E-state index in [1.165, 1.54) is 12.8 Å². The Bertz CT molecular complexity index is 560. The van der Waals surface area contributed by atoms with Crippen LogP contribution < -0.4 is 10.6 Å². The van der Waals surface area contributed by atoms with E-state index in [-0.39, 0.29) is 5.54 Å². The van der Waals surface area contributed by atoms with Crippen molar-refractivity contribution in [3.8, 4) is 0 Å². The van der Waals surface area contributed by atoms with Crippen molar-refractivity contribution < 1.29 is 0 Å². The Hall–Kier alpha value is -1.84. The molecule has 4 heteroatoms. The lowest BCUT2D eigenvalue weighted by Crippen LogP contribution is -2.17. The van der Waals surface area contributed by atoms with Gasteiger partial charge in [0.1, 0.15) is 5.82 Å². The third-order valence-corrected chi connectivity index (χ3v) is 3.25. The van der Waals surface area contributed by atoms with Crippen molar-refractivity contribution >= 4 is 22.7 Å². The van der Waals surface area contributed by atoms with Gasteiger partial charge in [0.15, 0.2) is 0 Å². The summed E-state index contributed by atoms with van der Waals surface area (Å²) in [6.07, 6.45) is 2.42. The molecule has 1 aliphatic rings. The molecule has 2 N–H and O–H groups in total. The van der Waals surface area contributed by atoms with Gasteiger partial charge in [0.2, 0.25) is 5.95 Å². The minimum Gasteiger partial charge on any atom is -0.364 e. The summed E-state index contributed by atoms with van der Waals surface area (Å²) in [5.74, 6) is 1.59. The van der Waals surface area contributed by atoms with E-state index in [2.05, 4.69) is 33.6 Å². The van der Waals surface area contributed by atoms with Crippen molar-refractivity contribution in [2.24, 2.45) is 0 Å². The monoisotopic (exact) mass is 228 g/mol. The number of rotatable bonds is 3. The molecule has 1 aromatic carbocycles. The minimum absolute atomic E-state index is 0.224. The number of benzene rings is 1. The van der Waals surface area contributed by atoms with Crippen molar-refractivity contribution in [2.75, 3.05) is 17.7 Å². The van der Waals surface area contributed by atoms with E-state index in [1.807, 2.05) is 25.2 Å². The number of para-hydroxylation sites is 1. The van der Waals surface area contributed by atoms with E-state index in [1.54, 1.807) is 0 Å². The molecule has 88 valence electrons. The zero-order chi connectivity index (χ0) is 11.9. The minimum atomic E-state index is 0.224. The third-order valence-electron chi connectivity index (χ3n) is 3.25. The Morgan fingerprint density at radius 2 is 1.94 bits per heavy atom. The third kappa shape index (κ3) is 1.90. The summed E-state index contributed by atoms with van der Waals surface area (Å²) < 4.78 is 0. The molecule has 4 nitrogen and oxygen atoms in total. The van der Waals surface area contributed by atoms with Gasteiger partial charge in [-0.05, 0) is 31.9 Å². The predicted molar refractivity (Wildman–Crippen MR) is 70.3 cm³/mol. The number of aromatic nitrogens is 2. The van der Waals surface area contributed by atoms with E-state index in [9.17, 15) is 0 Å². The van der Waals surface area contributed by atoms with Crippen LogP contribution >= 0.6 is 0 Å². The molecule has 1 fully saturated rings. The van der Waals surface area contributed by atoms with Crippen LogP contribution in [0.1, 0.15) is 19.8 Å². The van der Waals surface area contributed by atoms with Gasteiger partial charge in [-0.25, -0.2) is 4.98 Å². The molecule has 2 aromatic rings. The van der Waals surface area contributed by atoms with E-state index < -0.39 is 0 Å². The fraction of sp³-hybridized carbons (Fsp3) is 0.385. The molecule has 3 rings (SSSR count). The smallest absolute Gasteiger partial charge is 0.224 e. The quantitative estimate of drug-likeness (QED) is 0.848. The maximum absolute atomic E-state index is 4.51. The first-order valence-electron chi connectivity index (χ1n) is 5.93. The van der Waals surface area contributed by atoms with Crippen LogP contribution in [0.15, 0.2) is 24.3 Å². The van der Waals surface area contributed by atoms with E-state index in [4.69, 9.17) is 0 Å². The summed E-state index contributed by atoms with van der Waals surface area (Å²) in [5, 5.41) is 7.61. The second kappa shape index (κ2) is 3.58. The van der Waals surface area contributed by atoms with Gasteiger partial charge in [-0.1, -0.05) is 12.1 Å². The maximum Gasteiger partial charge on any atom is 0.224 e. The summed E-state index contributed by atoms with van der Waals surface area (Å²) in [5.41, 5.74) is 1.20. The van der Waals surface area contributed by atoms with Crippen molar-refractivity contribution in [3.05, 3.63) is 24.3 Å². The van der Waals surface area contributed by atoms with Crippen molar-refractivity contribution in [1.29, 1.82) is 0 Å². The average Bonchev–Trinajstić information content (AvgIpc) is 3.06. The van der Waals surface area contributed by atoms with Crippen LogP contribution in [-0.2, 0) is 0 Å². The molecule has 17 heavy (non-hydrogen) atoms. The van der Waals surface area contributed by atoms with Crippen LogP contribution in [0.25, 0.3) is 10.9 Å². The summed E-state index contributed by atoms with van der Waals surface area (Å²) in [6.45, 7) is 2.23. The molecule has 0 saturated heterocycles. The van der Waals surface area contributed by atoms with Gasteiger partial charge < -0.3 is 10.6 Å². The summed E-state index contributed by atoms with van der Waals surface area (Å²) in [6, 6.07) is 8.09. The summed E-state index contributed by atoms with van der Waals surface area (Å²) in [7, 11) is 1.84. The normalized spacial score (nSPS) is 16.8. The molecule has 0 radical (unpaired) electrons. The van der Waals surface area contributed by atoms with Gasteiger partial charge in [0.05, 0.1) is 5.52 Å². The van der Waals surface area contributed by atoms with Crippen LogP contribution in [0.2, 0.25) is 0 Å². The molecular weight excluding hydrogens is 212 g/mol. The fourth-order valence-corrected chi connectivity index (χ4v) is 1.88. The Morgan fingerprint density at radius 1 is 1.18 bits per heavy atom. The molecule has 0 aliphatic heterocycles. The first-order chi connectivity index (χ1) is 8.20. The summed E-state index contributed by atoms with van der Waals surface area (Å²) >= 11 is 0. The lowest BCUT2D eigenvalue weighted by atomic mass is 10.2. The highest BCUT2D eigenvalue weighted by Crippen LogP contribution is 2.39. The van der Waals surface area contributed by atoms with Crippen molar-refractivity contribution in [1.82, 2.24) is 9.97 Å². The van der Waals surface area contributed by atoms with Gasteiger partial charge in [0.25, 0.3) is 0 Å². The average molecular weight is 228 g/mol. The Labute approximate surface area is 100 Å². The fourth-order valence-electron chi connectivity index (χ4n) is 1.88. The molecule has 1 aromatic heterocycles. The lowest BCUT2D eigenvalue weighted by molar-refractivity contribution is 0.823. The van der Waals surface area contributed by atoms with Gasteiger partial charge in [-0.15, -0.1) is 0 Å². The zero-order valence-electron chi connectivity index (χ0n) is 10.1. The zero-order valence-corrected chi connectivity index (χ0v) is 10.1. The molecule has 0 amide bonds. The number of nitrogens with one attached hydrogen (secondary N) is 2. The Morgan fingerprint density at radius 3 is 2.65 bits per heavy atom. The molecule has 0 unspecified atom stereocenters. The number of anilines is 2. The molecular formula is C13H16N4. The Balaban J connectivity index is 2.12. The van der Waals surface area contributed by atoms with Gasteiger partial charge >= 0.3 is 0 Å². The first kappa shape index (κ1) is 10.3. The van der Waals surface area contributed by atoms with Crippen LogP contribution in [0.5, 0.6) is 0 Å². The van der Waals surface area contributed by atoms with E-state index in [0.717, 1.165) is 16.7 Å². The number of fused-ring (bicyclic) bond motifs is 1. The van der Waals surface area contributed by atoms with Gasteiger partial charge in [-0.2, -0.15) is 4.98 Å². The molecule has 0 spiro atoms. The standard InChI is InChI=1S/C13H16N4/c1-13(7-8-13)17-11-9-5-3-4-6-10(9)15-12(14-2)16-11/h3-6H,7-8H2,1-2H3,(H2,14,15,16,17). The predicted octanol–water partition coefficient (Wildman–Crippen LogP) is 2.64. The molecule has 1 heterocycles. The number of nitrogens with zero attached hydrogens (tertiary/aromatic N) is 2. The van der Waals surface area contributed by atoms with E-state index in [0.29, 0.717) is 5.95 Å². The molecule has 0 atom stereocenters. The second-order valence-corrected chi connectivity index (χ2v) is 4.85. The van der Waals surface area contributed by atoms with Crippen molar-refractivity contribution in [3.63, 3.8) is 0 Å². The molecule has 0 bridgehead atoms. The maximum atomic E-state index is 4.51. The highest BCUT2D eigenvalue weighted by molar-refractivity contribution is 5.90. The highest BCUT2D eigenvalue weighted by Gasteiger charge is 2.37. The largest absolute Gasteiger partial charge is 0.364 e. The van der Waals surface area contributed by atoms with Gasteiger partial charge in [0, 0.05) is 18.0 Å². The highest BCUT2D eigenvalue weighted by atomic mass is 15.2. The second-order valence-electron chi connectivity index (χ2n) is 4.85. The van der Waals surface area contributed by atoms with Crippen molar-refractivity contribution in [2.45, 2.75) is 25.3 Å². The topological polar surface area (TPSA) is 49.8 Å². The molecule has 1 saturated carbocycles. The number of hydrogen-bond donors (Lipinski definition) is 2. The summed E-state index contributed by atoms with van der Waals surface area (Å²) in [4.78, 5) is 8.95. The SMILES string of the molecule is CNc1nc(NC2(C)CC2)c2ccccc2n1. The van der Waals surface area contributed by atoms with Crippen LogP contribution in [0.4, 0.5) is 11.8 Å². The van der Waals surface area contributed by atoms with Crippen LogP contribution in [0.3, 0.4) is 0 Å². The Kier molecular flexibility index (Phi) is 2.18. The first-order valence-corrected chi connectivity index (χ1v) is 5.93. The van der Waals surface area contributed by atoms with Crippen LogP contribution in [0, 0.1) is 0 Å². The van der Waals surface area contributed by atoms with E-state index >= 15 is 0 Å². The molecule has 1 aliphatic carbocycles. The lowest BCUT2D eigenvalue weighted by Gasteiger charge is -2.15. The van der Waals surface area contributed by atoms with Gasteiger partial charge in [-0.3, -0.25) is 0 Å². The van der Waals surface area contributed by atoms with Crippen LogP contribution in [-0.4, -0.2) is 22.6 Å². The number of hydrogen-bond acceptors (Lipinski definition) is 4.